The Morgan fingerprint density at radius 1 is 0.864 bits per heavy atom. The van der Waals surface area contributed by atoms with Crippen molar-refractivity contribution in [2.24, 2.45) is 0 Å². The molecule has 10 heteroatoms. The van der Waals surface area contributed by atoms with E-state index in [-0.39, 0.29) is 5.69 Å². The van der Waals surface area contributed by atoms with Crippen LogP contribution in [-0.4, -0.2) is 9.85 Å². The second kappa shape index (κ2) is 7.51. The smallest absolute Gasteiger partial charge is 0.258 e. The summed E-state index contributed by atoms with van der Waals surface area (Å²) in [7, 11) is 0. The molecule has 22 heavy (non-hydrogen) atoms. The minimum Gasteiger partial charge on any atom is -0.258 e. The summed E-state index contributed by atoms with van der Waals surface area (Å²) in [5.74, 6) is 0. The molecule has 0 aliphatic rings. The van der Waals surface area contributed by atoms with Crippen LogP contribution in [0.25, 0.3) is 0 Å². The van der Waals surface area contributed by atoms with Gasteiger partial charge in [0.15, 0.2) is 0 Å². The van der Waals surface area contributed by atoms with E-state index in [0.717, 1.165) is 10.5 Å². The fourth-order valence-electron chi connectivity index (χ4n) is 1.61. The van der Waals surface area contributed by atoms with Crippen molar-refractivity contribution in [3.05, 3.63) is 68.8 Å². The third-order valence-corrected chi connectivity index (χ3v) is 2.91. The lowest BCUT2D eigenvalue weighted by Gasteiger charge is -2.15. The molecule has 0 N–H and O–H groups in total. The normalized spacial score (nSPS) is 9.23. The second-order valence-electron chi connectivity index (χ2n) is 3.84. The SMILES string of the molecule is N#N.O=[N+]([O-])c1cc(N(Cl)c2ccccc2)cc([N+](=O)[O-])c1. The number of nitrogens with zero attached hydrogens (tertiary/aromatic N) is 5. The van der Waals surface area contributed by atoms with Crippen molar-refractivity contribution in [2.75, 3.05) is 4.42 Å². The van der Waals surface area contributed by atoms with Crippen LogP contribution in [0.3, 0.4) is 0 Å². The molecule has 0 unspecified atom stereocenters. The first kappa shape index (κ1) is 16.8. The number of hydrogen-bond donors (Lipinski definition) is 0. The van der Waals surface area contributed by atoms with Gasteiger partial charge in [0.2, 0.25) is 0 Å². The maximum atomic E-state index is 10.8. The zero-order valence-electron chi connectivity index (χ0n) is 10.9. The third-order valence-electron chi connectivity index (χ3n) is 2.52. The Balaban J connectivity index is 0.00000116. The first-order valence-corrected chi connectivity index (χ1v) is 5.97. The molecule has 0 aromatic heterocycles. The second-order valence-corrected chi connectivity index (χ2v) is 4.18. The van der Waals surface area contributed by atoms with E-state index in [1.165, 1.54) is 12.1 Å². The number of para-hydroxylation sites is 1. The van der Waals surface area contributed by atoms with Gasteiger partial charge in [-0.25, -0.2) is 0 Å². The molecule has 9 nitrogen and oxygen atoms in total. The average molecular weight is 322 g/mol. The van der Waals surface area contributed by atoms with E-state index in [2.05, 4.69) is 0 Å². The molecule has 0 radical (unpaired) electrons. The molecule has 0 fully saturated rings. The van der Waals surface area contributed by atoms with Crippen LogP contribution in [0.5, 0.6) is 0 Å². The number of nitro groups is 2. The minimum absolute atomic E-state index is 0.152. The Morgan fingerprint density at radius 3 is 1.73 bits per heavy atom. The number of benzene rings is 2. The highest BCUT2D eigenvalue weighted by atomic mass is 35.5. The Morgan fingerprint density at radius 2 is 1.32 bits per heavy atom. The van der Waals surface area contributed by atoms with Crippen molar-refractivity contribution < 1.29 is 9.85 Å². The Bertz CT molecular complexity index is 675. The highest BCUT2D eigenvalue weighted by Crippen LogP contribution is 2.33. The van der Waals surface area contributed by atoms with Crippen LogP contribution in [0, 0.1) is 31.0 Å². The first-order valence-electron chi connectivity index (χ1n) is 5.64. The summed E-state index contributed by atoms with van der Waals surface area (Å²) in [5.41, 5.74) is -0.0886. The fraction of sp³-hybridized carbons (Fsp3) is 0. The Hall–Kier alpha value is -3.25. The van der Waals surface area contributed by atoms with Gasteiger partial charge in [-0.3, -0.25) is 24.6 Å². The van der Waals surface area contributed by atoms with Gasteiger partial charge in [0.05, 0.1) is 27.3 Å². The average Bonchev–Trinajstić information content (AvgIpc) is 2.56. The van der Waals surface area contributed by atoms with Crippen LogP contribution in [0.1, 0.15) is 0 Å². The minimum atomic E-state index is -0.702. The maximum absolute atomic E-state index is 10.8. The van der Waals surface area contributed by atoms with Gasteiger partial charge < -0.3 is 0 Å². The van der Waals surface area contributed by atoms with E-state index < -0.39 is 21.2 Å². The largest absolute Gasteiger partial charge is 0.278 e. The Labute approximate surface area is 129 Å². The number of non-ortho nitro benzene ring substituents is 2. The fourth-order valence-corrected chi connectivity index (χ4v) is 1.82. The van der Waals surface area contributed by atoms with Gasteiger partial charge >= 0.3 is 0 Å². The van der Waals surface area contributed by atoms with Gasteiger partial charge in [-0.15, -0.1) is 0 Å². The lowest BCUT2D eigenvalue weighted by Crippen LogP contribution is -2.03. The van der Waals surface area contributed by atoms with Crippen LogP contribution in [0.2, 0.25) is 0 Å². The molecule has 2 rings (SSSR count). The van der Waals surface area contributed by atoms with Crippen LogP contribution >= 0.6 is 11.8 Å². The van der Waals surface area contributed by atoms with Crippen molar-refractivity contribution in [3.8, 4) is 0 Å². The van der Waals surface area contributed by atoms with Crippen molar-refractivity contribution in [3.63, 3.8) is 0 Å². The summed E-state index contributed by atoms with van der Waals surface area (Å²) in [6.07, 6.45) is 0. The highest BCUT2D eigenvalue weighted by Gasteiger charge is 2.19. The molecule has 112 valence electrons. The molecule has 0 saturated heterocycles. The first-order chi connectivity index (χ1) is 10.5. The molecule has 0 atom stereocenters. The molecule has 2 aromatic rings. The van der Waals surface area contributed by atoms with Gasteiger partial charge in [0, 0.05) is 34.7 Å². The van der Waals surface area contributed by atoms with Gasteiger partial charge in [0.1, 0.15) is 0 Å². The number of hydrogen-bond acceptors (Lipinski definition) is 7. The van der Waals surface area contributed by atoms with Crippen molar-refractivity contribution in [1.82, 2.24) is 0 Å². The molecule has 0 aliphatic carbocycles. The van der Waals surface area contributed by atoms with E-state index in [1.807, 2.05) is 0 Å². The van der Waals surface area contributed by atoms with E-state index in [0.29, 0.717) is 5.69 Å². The lowest BCUT2D eigenvalue weighted by molar-refractivity contribution is -0.394. The molecular formula is C12H8ClN5O4. The summed E-state index contributed by atoms with van der Waals surface area (Å²) in [6, 6.07) is 11.8. The van der Waals surface area contributed by atoms with E-state index in [9.17, 15) is 20.2 Å². The van der Waals surface area contributed by atoms with Crippen LogP contribution in [-0.2, 0) is 0 Å². The molecule has 0 bridgehead atoms. The van der Waals surface area contributed by atoms with Crippen molar-refractivity contribution in [1.29, 1.82) is 10.8 Å². The molecule has 0 spiro atoms. The molecule has 0 amide bonds. The number of nitro benzene ring substituents is 2. The van der Waals surface area contributed by atoms with Crippen LogP contribution in [0.15, 0.2) is 48.5 Å². The topological polar surface area (TPSA) is 137 Å². The quantitative estimate of drug-likeness (QED) is 0.361. The standard InChI is InChI=1S/C12H8ClN3O4.N2/c13-14(9-4-2-1-3-5-9)10-6-11(15(17)18)8-12(7-10)16(19)20;1-2/h1-8H;. The Kier molecular flexibility index (Phi) is 5.74. The molecule has 0 aliphatic heterocycles. The number of halogens is 1. The predicted octanol–water partition coefficient (Wildman–Crippen LogP) is 3.83. The number of rotatable bonds is 4. The molecule has 0 saturated carbocycles. The molecule has 2 aromatic carbocycles. The van der Waals surface area contributed by atoms with Gasteiger partial charge in [0.25, 0.3) is 11.4 Å². The van der Waals surface area contributed by atoms with E-state index in [4.69, 9.17) is 22.6 Å². The third kappa shape index (κ3) is 3.87. The van der Waals surface area contributed by atoms with Crippen molar-refractivity contribution in [2.45, 2.75) is 0 Å². The maximum Gasteiger partial charge on any atom is 0.278 e. The molecule has 0 heterocycles. The highest BCUT2D eigenvalue weighted by molar-refractivity contribution is 6.29. The summed E-state index contributed by atoms with van der Waals surface area (Å²) in [6.45, 7) is 0. The summed E-state index contributed by atoms with van der Waals surface area (Å²) >= 11 is 6.07. The van der Waals surface area contributed by atoms with Crippen LogP contribution < -0.4 is 4.42 Å². The van der Waals surface area contributed by atoms with E-state index >= 15 is 0 Å². The van der Waals surface area contributed by atoms with Gasteiger partial charge in [-0.2, -0.15) is 0 Å². The van der Waals surface area contributed by atoms with E-state index in [1.54, 1.807) is 30.3 Å². The molecular weight excluding hydrogens is 314 g/mol. The zero-order chi connectivity index (χ0) is 16.7. The lowest BCUT2D eigenvalue weighted by atomic mass is 10.2. The zero-order valence-corrected chi connectivity index (χ0v) is 11.6. The van der Waals surface area contributed by atoms with Crippen LogP contribution in [0.4, 0.5) is 22.7 Å². The summed E-state index contributed by atoms with van der Waals surface area (Å²) in [4.78, 5) is 20.2. The van der Waals surface area contributed by atoms with Gasteiger partial charge in [-0.1, -0.05) is 18.2 Å². The predicted molar refractivity (Wildman–Crippen MR) is 77.6 cm³/mol. The monoisotopic (exact) mass is 321 g/mol. The number of anilines is 2. The van der Waals surface area contributed by atoms with Gasteiger partial charge in [-0.05, 0) is 12.1 Å². The summed E-state index contributed by atoms with van der Waals surface area (Å²) in [5, 5.41) is 33.6. The van der Waals surface area contributed by atoms with Crippen molar-refractivity contribution >= 4 is 34.5 Å². The summed E-state index contributed by atoms with van der Waals surface area (Å²) < 4.78 is 1.12.